The average molecular weight is 351 g/mol. The molecule has 4 aliphatic rings. The van der Waals surface area contributed by atoms with Crippen LogP contribution in [-0.2, 0) is 9.63 Å². The van der Waals surface area contributed by atoms with Crippen molar-refractivity contribution in [3.8, 4) is 0 Å². The Kier molecular flexibility index (Phi) is 5.32. The molecule has 1 amide bonds. The first-order valence-electron chi connectivity index (χ1n) is 10.3. The van der Waals surface area contributed by atoms with E-state index in [4.69, 9.17) is 4.84 Å². The smallest absolute Gasteiger partial charge is 0.223 e. The third-order valence-electron chi connectivity index (χ3n) is 7.01. The van der Waals surface area contributed by atoms with Crippen LogP contribution in [0.2, 0.25) is 0 Å². The van der Waals surface area contributed by atoms with Gasteiger partial charge in [-0.05, 0) is 83.1 Å². The number of carbonyl (C=O) groups is 1. The molecule has 0 spiro atoms. The van der Waals surface area contributed by atoms with E-state index in [9.17, 15) is 4.79 Å². The Morgan fingerprint density at radius 2 is 1.88 bits per heavy atom. The van der Waals surface area contributed by atoms with Crippen LogP contribution in [0.1, 0.15) is 58.8 Å². The summed E-state index contributed by atoms with van der Waals surface area (Å²) in [5.41, 5.74) is 3.15. The summed E-state index contributed by atoms with van der Waals surface area (Å²) in [4.78, 5) is 18.3. The van der Waals surface area contributed by atoms with E-state index in [1.165, 1.54) is 25.7 Å². The molecule has 8 atom stereocenters. The van der Waals surface area contributed by atoms with Crippen LogP contribution in [0.4, 0.5) is 0 Å². The summed E-state index contributed by atoms with van der Waals surface area (Å²) in [6.45, 7) is 5.27. The minimum Gasteiger partial charge on any atom is -0.353 e. The number of hydroxylamine groups is 1. The van der Waals surface area contributed by atoms with Crippen molar-refractivity contribution >= 4 is 5.91 Å². The molecule has 6 nitrogen and oxygen atoms in total. The highest BCUT2D eigenvalue weighted by atomic mass is 16.7. The molecular weight excluding hydrogens is 316 g/mol. The number of carbonyl (C=O) groups excluding carboxylic acids is 1. The number of nitrogens with one attached hydrogen (secondary N) is 4. The second-order valence-corrected chi connectivity index (χ2v) is 8.79. The van der Waals surface area contributed by atoms with Gasteiger partial charge in [0.15, 0.2) is 0 Å². The molecule has 142 valence electrons. The lowest BCUT2D eigenvalue weighted by Crippen LogP contribution is -2.49. The molecule has 6 heteroatoms. The van der Waals surface area contributed by atoms with Gasteiger partial charge in [0.25, 0.3) is 0 Å². The number of piperidine rings is 1. The van der Waals surface area contributed by atoms with Gasteiger partial charge in [0, 0.05) is 18.0 Å². The zero-order valence-electron chi connectivity index (χ0n) is 15.6. The number of amides is 1. The molecule has 4 N–H and O–H groups in total. The summed E-state index contributed by atoms with van der Waals surface area (Å²) in [6.07, 6.45) is 8.39. The topological polar surface area (TPSA) is 74.4 Å². The maximum atomic E-state index is 12.9. The molecular formula is C19H34N4O2. The van der Waals surface area contributed by atoms with E-state index in [1.54, 1.807) is 0 Å². The third-order valence-corrected chi connectivity index (χ3v) is 7.01. The van der Waals surface area contributed by atoms with Crippen LogP contribution < -0.4 is 21.4 Å². The summed E-state index contributed by atoms with van der Waals surface area (Å²) in [5.74, 6) is 2.50. The minimum atomic E-state index is 0.0946. The predicted octanol–water partition coefficient (Wildman–Crippen LogP) is 1.48. The third kappa shape index (κ3) is 3.87. The normalized spacial score (nSPS) is 47.4. The molecule has 0 bridgehead atoms. The lowest BCUT2D eigenvalue weighted by atomic mass is 9.72. The molecule has 2 saturated heterocycles. The van der Waals surface area contributed by atoms with Crippen LogP contribution in [-0.4, -0.2) is 36.9 Å². The molecule has 0 aromatic heterocycles. The van der Waals surface area contributed by atoms with Gasteiger partial charge in [0.05, 0.1) is 6.17 Å². The SMILES string of the molecule is CC1CC(NC(=O)[C@H]2CCC3CC(C4NOC(C)N4)CCC32)CCN1. The molecule has 7 unspecified atom stereocenters. The van der Waals surface area contributed by atoms with E-state index in [1.807, 2.05) is 6.92 Å². The first-order valence-corrected chi connectivity index (χ1v) is 10.3. The molecule has 0 aromatic carbocycles. The predicted molar refractivity (Wildman–Crippen MR) is 96.3 cm³/mol. The van der Waals surface area contributed by atoms with Crippen LogP contribution in [0.15, 0.2) is 0 Å². The van der Waals surface area contributed by atoms with Gasteiger partial charge in [-0.15, -0.1) is 0 Å². The molecule has 4 rings (SSSR count). The number of hydrogen-bond acceptors (Lipinski definition) is 5. The lowest BCUT2D eigenvalue weighted by molar-refractivity contribution is -0.127. The average Bonchev–Trinajstić information content (AvgIpc) is 3.20. The highest BCUT2D eigenvalue weighted by Gasteiger charge is 2.45. The Labute approximate surface area is 151 Å². The van der Waals surface area contributed by atoms with Crippen LogP contribution in [0.5, 0.6) is 0 Å². The Morgan fingerprint density at radius 1 is 1.04 bits per heavy atom. The fourth-order valence-electron chi connectivity index (χ4n) is 5.72. The standard InChI is InChI=1S/C19H34N4O2/c1-11-9-15(7-8-20-11)22-19(24)17-6-3-13-10-14(4-5-16(13)17)18-21-12(2)25-23-18/h11-18,20-21,23H,3-10H2,1-2H3,(H,22,24)/t11?,12?,13?,14?,15?,16?,17-,18?/m0/s1. The molecule has 2 aliphatic carbocycles. The molecule has 4 fully saturated rings. The van der Waals surface area contributed by atoms with E-state index < -0.39 is 0 Å². The van der Waals surface area contributed by atoms with Gasteiger partial charge in [-0.25, -0.2) is 0 Å². The quantitative estimate of drug-likeness (QED) is 0.620. The lowest BCUT2D eigenvalue weighted by Gasteiger charge is -2.37. The van der Waals surface area contributed by atoms with Gasteiger partial charge >= 0.3 is 0 Å². The molecule has 2 saturated carbocycles. The van der Waals surface area contributed by atoms with Crippen molar-refractivity contribution in [2.75, 3.05) is 6.54 Å². The maximum Gasteiger partial charge on any atom is 0.223 e. The van der Waals surface area contributed by atoms with Gasteiger partial charge in [-0.1, -0.05) is 0 Å². The van der Waals surface area contributed by atoms with E-state index in [0.29, 0.717) is 35.7 Å². The van der Waals surface area contributed by atoms with Crippen LogP contribution in [0.3, 0.4) is 0 Å². The van der Waals surface area contributed by atoms with E-state index in [-0.39, 0.29) is 18.3 Å². The largest absolute Gasteiger partial charge is 0.353 e. The Hall–Kier alpha value is -0.690. The molecule has 2 aliphatic heterocycles. The van der Waals surface area contributed by atoms with Crippen molar-refractivity contribution in [3.05, 3.63) is 0 Å². The van der Waals surface area contributed by atoms with Crippen LogP contribution in [0, 0.1) is 23.7 Å². The maximum absolute atomic E-state index is 12.9. The second kappa shape index (κ2) is 7.51. The van der Waals surface area contributed by atoms with Crippen LogP contribution in [0.25, 0.3) is 0 Å². The Morgan fingerprint density at radius 3 is 2.64 bits per heavy atom. The van der Waals surface area contributed by atoms with Crippen molar-refractivity contribution < 1.29 is 9.63 Å². The molecule has 0 radical (unpaired) electrons. The molecule has 25 heavy (non-hydrogen) atoms. The van der Waals surface area contributed by atoms with Gasteiger partial charge in [-0.2, -0.15) is 5.48 Å². The van der Waals surface area contributed by atoms with Crippen molar-refractivity contribution in [1.29, 1.82) is 0 Å². The number of fused-ring (bicyclic) bond motifs is 1. The first kappa shape index (κ1) is 17.7. The second-order valence-electron chi connectivity index (χ2n) is 8.79. The van der Waals surface area contributed by atoms with E-state index >= 15 is 0 Å². The fourth-order valence-corrected chi connectivity index (χ4v) is 5.72. The summed E-state index contributed by atoms with van der Waals surface area (Å²) >= 11 is 0. The number of rotatable bonds is 3. The Balaban J connectivity index is 1.30. The molecule has 0 aromatic rings. The minimum absolute atomic E-state index is 0.0946. The number of hydrogen-bond donors (Lipinski definition) is 4. The van der Waals surface area contributed by atoms with Crippen LogP contribution >= 0.6 is 0 Å². The van der Waals surface area contributed by atoms with Gasteiger partial charge in [-0.3, -0.25) is 14.9 Å². The van der Waals surface area contributed by atoms with Crippen molar-refractivity contribution in [1.82, 2.24) is 21.4 Å². The van der Waals surface area contributed by atoms with Gasteiger partial charge in [0.2, 0.25) is 5.91 Å². The zero-order chi connectivity index (χ0) is 17.4. The highest BCUT2D eigenvalue weighted by molar-refractivity contribution is 5.79. The zero-order valence-corrected chi connectivity index (χ0v) is 15.6. The van der Waals surface area contributed by atoms with Crippen molar-refractivity contribution in [2.24, 2.45) is 23.7 Å². The van der Waals surface area contributed by atoms with E-state index in [0.717, 1.165) is 25.8 Å². The van der Waals surface area contributed by atoms with Crippen molar-refractivity contribution in [3.63, 3.8) is 0 Å². The summed E-state index contributed by atoms with van der Waals surface area (Å²) < 4.78 is 0. The summed E-state index contributed by atoms with van der Waals surface area (Å²) in [7, 11) is 0. The van der Waals surface area contributed by atoms with E-state index in [2.05, 4.69) is 28.4 Å². The Bertz CT molecular complexity index is 488. The first-order chi connectivity index (χ1) is 12.1. The van der Waals surface area contributed by atoms with Crippen molar-refractivity contribution in [2.45, 2.75) is 83.3 Å². The summed E-state index contributed by atoms with van der Waals surface area (Å²) in [5, 5.41) is 10.3. The highest BCUT2D eigenvalue weighted by Crippen LogP contribution is 2.48. The summed E-state index contributed by atoms with van der Waals surface area (Å²) in [6, 6.07) is 0.881. The van der Waals surface area contributed by atoms with Gasteiger partial charge < -0.3 is 10.6 Å². The fraction of sp³-hybridized carbons (Fsp3) is 0.947. The monoisotopic (exact) mass is 350 g/mol. The molecule has 2 heterocycles. The van der Waals surface area contributed by atoms with Gasteiger partial charge in [0.1, 0.15) is 6.23 Å².